The Hall–Kier alpha value is -0.420. The van der Waals surface area contributed by atoms with Crippen molar-refractivity contribution in [1.82, 2.24) is 15.5 Å². The molecular formula is C20H40N4S. The Bertz CT molecular complexity index is 361. The summed E-state index contributed by atoms with van der Waals surface area (Å²) in [5.41, 5.74) is 0. The first kappa shape index (κ1) is 20.9. The van der Waals surface area contributed by atoms with Gasteiger partial charge < -0.3 is 15.5 Å². The predicted octanol–water partition coefficient (Wildman–Crippen LogP) is 3.73. The van der Waals surface area contributed by atoms with Crippen molar-refractivity contribution in [2.24, 2.45) is 10.9 Å². The molecule has 2 fully saturated rings. The lowest BCUT2D eigenvalue weighted by Crippen LogP contribution is -2.49. The lowest BCUT2D eigenvalue weighted by molar-refractivity contribution is 0.160. The average molecular weight is 369 g/mol. The monoisotopic (exact) mass is 368 g/mol. The summed E-state index contributed by atoms with van der Waals surface area (Å²) in [6, 6.07) is 0.589. The molecule has 0 aromatic heterocycles. The highest BCUT2D eigenvalue weighted by molar-refractivity contribution is 7.98. The number of hydrogen-bond donors (Lipinski definition) is 2. The Morgan fingerprint density at radius 1 is 1.08 bits per heavy atom. The summed E-state index contributed by atoms with van der Waals surface area (Å²) in [6.07, 6.45) is 14.5. The van der Waals surface area contributed by atoms with Crippen molar-refractivity contribution < 1.29 is 0 Å². The van der Waals surface area contributed by atoms with Crippen LogP contribution < -0.4 is 10.6 Å². The van der Waals surface area contributed by atoms with Crippen LogP contribution in [-0.2, 0) is 0 Å². The standard InChI is InChI=1S/C20H40N4S/c1-3-21-20(22-13-7-8-16-25-2)23-19-11-14-24(15-12-19)17-18-9-5-4-6-10-18/h18-19H,3-17H2,1-2H3,(H2,21,22,23). The van der Waals surface area contributed by atoms with E-state index in [2.05, 4.69) is 28.7 Å². The molecule has 2 N–H and O–H groups in total. The summed E-state index contributed by atoms with van der Waals surface area (Å²) in [5.74, 6) is 3.25. The Morgan fingerprint density at radius 3 is 2.52 bits per heavy atom. The molecule has 0 bridgehead atoms. The summed E-state index contributed by atoms with van der Waals surface area (Å²) in [6.45, 7) is 7.88. The largest absolute Gasteiger partial charge is 0.357 e. The van der Waals surface area contributed by atoms with Crippen molar-refractivity contribution in [3.8, 4) is 0 Å². The fourth-order valence-corrected chi connectivity index (χ4v) is 4.55. The van der Waals surface area contributed by atoms with Crippen molar-refractivity contribution in [1.29, 1.82) is 0 Å². The first-order chi connectivity index (χ1) is 12.3. The quantitative estimate of drug-likeness (QED) is 0.370. The number of unbranched alkanes of at least 4 members (excludes halogenated alkanes) is 1. The average Bonchev–Trinajstić information content (AvgIpc) is 2.64. The van der Waals surface area contributed by atoms with Gasteiger partial charge in [-0.25, -0.2) is 0 Å². The third-order valence-electron chi connectivity index (χ3n) is 5.54. The van der Waals surface area contributed by atoms with Gasteiger partial charge in [-0.3, -0.25) is 4.99 Å². The minimum absolute atomic E-state index is 0.589. The van der Waals surface area contributed by atoms with Crippen molar-refractivity contribution in [2.45, 2.75) is 70.8 Å². The molecule has 25 heavy (non-hydrogen) atoms. The van der Waals surface area contributed by atoms with E-state index in [4.69, 9.17) is 4.99 Å². The van der Waals surface area contributed by atoms with E-state index in [0.717, 1.165) is 25.0 Å². The highest BCUT2D eigenvalue weighted by Gasteiger charge is 2.23. The lowest BCUT2D eigenvalue weighted by atomic mass is 9.88. The van der Waals surface area contributed by atoms with E-state index >= 15 is 0 Å². The zero-order valence-corrected chi connectivity index (χ0v) is 17.4. The summed E-state index contributed by atoms with van der Waals surface area (Å²) < 4.78 is 0. The molecule has 146 valence electrons. The molecular weight excluding hydrogens is 328 g/mol. The second-order valence-corrected chi connectivity index (χ2v) is 8.67. The fourth-order valence-electron chi connectivity index (χ4n) is 4.06. The van der Waals surface area contributed by atoms with Crippen LogP contribution in [0.25, 0.3) is 0 Å². The fraction of sp³-hybridized carbons (Fsp3) is 0.950. The van der Waals surface area contributed by atoms with Gasteiger partial charge in [0.05, 0.1) is 0 Å². The van der Waals surface area contributed by atoms with Crippen LogP contribution in [0.5, 0.6) is 0 Å². The van der Waals surface area contributed by atoms with Gasteiger partial charge in [0.15, 0.2) is 5.96 Å². The number of rotatable bonds is 9. The SMILES string of the molecule is CCNC(=NCCCCSC)NC1CCN(CC2CCCCC2)CC1. The molecule has 1 saturated carbocycles. The second-order valence-electron chi connectivity index (χ2n) is 7.68. The molecule has 0 amide bonds. The van der Waals surface area contributed by atoms with E-state index in [1.54, 1.807) is 0 Å². The maximum absolute atomic E-state index is 4.76. The van der Waals surface area contributed by atoms with Crippen LogP contribution in [0.1, 0.15) is 64.7 Å². The molecule has 1 aliphatic heterocycles. The highest BCUT2D eigenvalue weighted by atomic mass is 32.2. The molecule has 1 heterocycles. The van der Waals surface area contributed by atoms with Gasteiger partial charge in [0.25, 0.3) is 0 Å². The Balaban J connectivity index is 1.66. The van der Waals surface area contributed by atoms with E-state index in [-0.39, 0.29) is 0 Å². The van der Waals surface area contributed by atoms with Crippen LogP contribution in [0.3, 0.4) is 0 Å². The van der Waals surface area contributed by atoms with E-state index in [1.165, 1.54) is 83.2 Å². The van der Waals surface area contributed by atoms with Gasteiger partial charge in [-0.1, -0.05) is 19.3 Å². The zero-order valence-electron chi connectivity index (χ0n) is 16.6. The Labute approximate surface area is 160 Å². The van der Waals surface area contributed by atoms with Gasteiger partial charge in [0.2, 0.25) is 0 Å². The number of hydrogen-bond acceptors (Lipinski definition) is 3. The molecule has 1 aliphatic carbocycles. The van der Waals surface area contributed by atoms with Crippen molar-refractivity contribution in [3.63, 3.8) is 0 Å². The molecule has 4 nitrogen and oxygen atoms in total. The zero-order chi connectivity index (χ0) is 17.7. The molecule has 0 spiro atoms. The van der Waals surface area contributed by atoms with Crippen LogP contribution in [-0.4, -0.2) is 61.6 Å². The number of thioether (sulfide) groups is 1. The van der Waals surface area contributed by atoms with Gasteiger partial charge in [0, 0.05) is 38.8 Å². The molecule has 2 rings (SSSR count). The summed E-state index contributed by atoms with van der Waals surface area (Å²) in [4.78, 5) is 7.47. The van der Waals surface area contributed by atoms with Crippen LogP contribution in [0.15, 0.2) is 4.99 Å². The number of piperidine rings is 1. The first-order valence-electron chi connectivity index (χ1n) is 10.6. The minimum Gasteiger partial charge on any atom is -0.357 e. The molecule has 0 unspecified atom stereocenters. The topological polar surface area (TPSA) is 39.7 Å². The number of aliphatic imine (C=N–C) groups is 1. The van der Waals surface area contributed by atoms with Gasteiger partial charge in [0.1, 0.15) is 0 Å². The van der Waals surface area contributed by atoms with E-state index in [9.17, 15) is 0 Å². The summed E-state index contributed by atoms with van der Waals surface area (Å²) in [7, 11) is 0. The number of guanidine groups is 1. The van der Waals surface area contributed by atoms with Crippen LogP contribution in [0.2, 0.25) is 0 Å². The van der Waals surface area contributed by atoms with Crippen molar-refractivity contribution >= 4 is 17.7 Å². The predicted molar refractivity (Wildman–Crippen MR) is 113 cm³/mol. The second kappa shape index (κ2) is 12.9. The van der Waals surface area contributed by atoms with E-state index in [0.29, 0.717) is 6.04 Å². The maximum Gasteiger partial charge on any atom is 0.191 e. The normalized spacial score (nSPS) is 21.4. The molecule has 5 heteroatoms. The first-order valence-corrected chi connectivity index (χ1v) is 12.0. The molecule has 0 radical (unpaired) electrons. The third-order valence-corrected chi connectivity index (χ3v) is 6.24. The molecule has 1 saturated heterocycles. The maximum atomic E-state index is 4.76. The van der Waals surface area contributed by atoms with Crippen LogP contribution in [0.4, 0.5) is 0 Å². The summed E-state index contributed by atoms with van der Waals surface area (Å²) in [5, 5.41) is 7.10. The number of nitrogens with one attached hydrogen (secondary N) is 2. The molecule has 0 aromatic rings. The van der Waals surface area contributed by atoms with Gasteiger partial charge in [-0.05, 0) is 63.4 Å². The molecule has 0 aromatic carbocycles. The summed E-state index contributed by atoms with van der Waals surface area (Å²) >= 11 is 1.93. The van der Waals surface area contributed by atoms with E-state index < -0.39 is 0 Å². The third kappa shape index (κ3) is 8.67. The van der Waals surface area contributed by atoms with Crippen LogP contribution in [0, 0.1) is 5.92 Å². The van der Waals surface area contributed by atoms with Gasteiger partial charge in [-0.2, -0.15) is 11.8 Å². The number of likely N-dealkylation sites (tertiary alicyclic amines) is 1. The van der Waals surface area contributed by atoms with Crippen molar-refractivity contribution in [2.75, 3.05) is 44.7 Å². The van der Waals surface area contributed by atoms with Gasteiger partial charge in [-0.15, -0.1) is 0 Å². The van der Waals surface area contributed by atoms with E-state index in [1.807, 2.05) is 11.8 Å². The Kier molecular flexibility index (Phi) is 10.7. The molecule has 0 atom stereocenters. The highest BCUT2D eigenvalue weighted by Crippen LogP contribution is 2.25. The van der Waals surface area contributed by atoms with Crippen LogP contribution >= 0.6 is 11.8 Å². The number of nitrogens with zero attached hydrogens (tertiary/aromatic N) is 2. The van der Waals surface area contributed by atoms with Crippen molar-refractivity contribution in [3.05, 3.63) is 0 Å². The van der Waals surface area contributed by atoms with Gasteiger partial charge >= 0.3 is 0 Å². The smallest absolute Gasteiger partial charge is 0.191 e. The minimum atomic E-state index is 0.589. The Morgan fingerprint density at radius 2 is 1.84 bits per heavy atom. The molecule has 2 aliphatic rings. The lowest BCUT2D eigenvalue weighted by Gasteiger charge is -2.36.